The van der Waals surface area contributed by atoms with Crippen LogP contribution >= 0.6 is 11.3 Å². The molecule has 0 spiro atoms. The standard InChI is InChI=1S/C58H41NS/c1-57(2)51-22-12-9-19-45(51)48-32-30-44(37-54(48)57)59(42-28-25-39(26-29-42)38-15-5-3-6-16-38)43-31-34-56-50(36-43)49-35-41(27-33-55(49)60-56)58(40-17-7-4-8-18-40)52-23-13-10-20-46(52)47-21-11-14-24-53(47)58/h3-37H,1-2H3. The van der Waals surface area contributed by atoms with Crippen LogP contribution in [0.1, 0.15) is 47.2 Å². The van der Waals surface area contributed by atoms with Gasteiger partial charge in [-0.2, -0.15) is 0 Å². The maximum Gasteiger partial charge on any atom is 0.0713 e. The molecule has 12 rings (SSSR count). The summed E-state index contributed by atoms with van der Waals surface area (Å²) in [6.07, 6.45) is 0. The normalized spacial score (nSPS) is 14.1. The molecule has 2 heteroatoms. The molecule has 0 radical (unpaired) electrons. The Hall–Kier alpha value is -7.00. The van der Waals surface area contributed by atoms with Crippen molar-refractivity contribution in [1.82, 2.24) is 0 Å². The Labute approximate surface area is 355 Å². The molecule has 9 aromatic carbocycles. The molecular formula is C58H41NS. The van der Waals surface area contributed by atoms with E-state index in [4.69, 9.17) is 0 Å². The molecule has 0 N–H and O–H groups in total. The highest BCUT2D eigenvalue weighted by Crippen LogP contribution is 2.57. The molecule has 0 saturated carbocycles. The third kappa shape index (κ3) is 5.04. The third-order valence-corrected chi connectivity index (χ3v) is 14.5. The summed E-state index contributed by atoms with van der Waals surface area (Å²) in [4.78, 5) is 2.45. The zero-order valence-corrected chi connectivity index (χ0v) is 34.4. The van der Waals surface area contributed by atoms with E-state index in [2.05, 4.69) is 231 Å². The van der Waals surface area contributed by atoms with E-state index in [1.54, 1.807) is 0 Å². The topological polar surface area (TPSA) is 3.24 Å². The van der Waals surface area contributed by atoms with Gasteiger partial charge in [-0.25, -0.2) is 0 Å². The summed E-state index contributed by atoms with van der Waals surface area (Å²) in [5.41, 5.74) is 18.6. The molecular weight excluding hydrogens is 743 g/mol. The molecule has 2 aliphatic rings. The predicted octanol–water partition coefficient (Wildman–Crippen LogP) is 15.9. The summed E-state index contributed by atoms with van der Waals surface area (Å²) in [6, 6.07) is 79.2. The molecule has 284 valence electrons. The fourth-order valence-corrected chi connectivity index (χ4v) is 11.6. The molecule has 0 bridgehead atoms. The molecule has 0 saturated heterocycles. The van der Waals surface area contributed by atoms with Crippen molar-refractivity contribution in [3.05, 3.63) is 246 Å². The van der Waals surface area contributed by atoms with Crippen LogP contribution in [-0.2, 0) is 10.8 Å². The summed E-state index contributed by atoms with van der Waals surface area (Å²) in [5, 5.41) is 2.56. The second-order valence-corrected chi connectivity index (χ2v) is 17.9. The van der Waals surface area contributed by atoms with E-state index in [9.17, 15) is 0 Å². The van der Waals surface area contributed by atoms with Crippen LogP contribution in [0.2, 0.25) is 0 Å². The van der Waals surface area contributed by atoms with Crippen LogP contribution < -0.4 is 4.90 Å². The lowest BCUT2D eigenvalue weighted by Gasteiger charge is -2.34. The molecule has 0 amide bonds. The van der Waals surface area contributed by atoms with E-state index < -0.39 is 5.41 Å². The highest BCUT2D eigenvalue weighted by atomic mass is 32.1. The Kier molecular flexibility index (Phi) is 7.73. The summed E-state index contributed by atoms with van der Waals surface area (Å²) >= 11 is 1.88. The van der Waals surface area contributed by atoms with Gasteiger partial charge in [0.2, 0.25) is 0 Å². The first-order chi connectivity index (χ1) is 29.5. The zero-order chi connectivity index (χ0) is 40.0. The number of benzene rings is 9. The van der Waals surface area contributed by atoms with E-state index in [1.807, 2.05) is 11.3 Å². The summed E-state index contributed by atoms with van der Waals surface area (Å²) in [6.45, 7) is 4.73. The molecule has 0 fully saturated rings. The van der Waals surface area contributed by atoms with Crippen molar-refractivity contribution in [2.24, 2.45) is 0 Å². The maximum atomic E-state index is 2.50. The molecule has 60 heavy (non-hydrogen) atoms. The van der Waals surface area contributed by atoms with Crippen LogP contribution in [0.15, 0.2) is 212 Å². The summed E-state index contributed by atoms with van der Waals surface area (Å²) in [7, 11) is 0. The van der Waals surface area contributed by atoms with E-state index in [-0.39, 0.29) is 5.41 Å². The van der Waals surface area contributed by atoms with E-state index in [1.165, 1.54) is 86.9 Å². The van der Waals surface area contributed by atoms with Crippen molar-refractivity contribution < 1.29 is 0 Å². The minimum Gasteiger partial charge on any atom is -0.310 e. The minimum absolute atomic E-state index is 0.110. The highest BCUT2D eigenvalue weighted by molar-refractivity contribution is 7.25. The Morgan fingerprint density at radius 1 is 0.350 bits per heavy atom. The lowest BCUT2D eigenvalue weighted by molar-refractivity contribution is 0.660. The van der Waals surface area contributed by atoms with Gasteiger partial charge in [-0.1, -0.05) is 172 Å². The Morgan fingerprint density at radius 3 is 1.52 bits per heavy atom. The molecule has 1 nitrogen and oxygen atoms in total. The average Bonchev–Trinajstić information content (AvgIpc) is 3.90. The molecule has 0 unspecified atom stereocenters. The van der Waals surface area contributed by atoms with Crippen molar-refractivity contribution >= 4 is 48.6 Å². The fourth-order valence-electron chi connectivity index (χ4n) is 10.6. The number of thiophene rings is 1. The van der Waals surface area contributed by atoms with Gasteiger partial charge in [0.05, 0.1) is 5.41 Å². The first-order valence-electron chi connectivity index (χ1n) is 20.9. The summed E-state index contributed by atoms with van der Waals surface area (Å²) < 4.78 is 2.58. The van der Waals surface area contributed by atoms with Crippen LogP contribution in [0.25, 0.3) is 53.6 Å². The van der Waals surface area contributed by atoms with Crippen molar-refractivity contribution in [1.29, 1.82) is 0 Å². The lowest BCUT2D eigenvalue weighted by atomic mass is 9.67. The van der Waals surface area contributed by atoms with Crippen molar-refractivity contribution in [2.45, 2.75) is 24.7 Å². The van der Waals surface area contributed by atoms with Gasteiger partial charge in [0.25, 0.3) is 0 Å². The zero-order valence-electron chi connectivity index (χ0n) is 33.6. The first kappa shape index (κ1) is 35.0. The van der Waals surface area contributed by atoms with Crippen LogP contribution in [0.4, 0.5) is 17.1 Å². The number of anilines is 3. The fraction of sp³-hybridized carbons (Fsp3) is 0.0690. The predicted molar refractivity (Wildman–Crippen MR) is 254 cm³/mol. The highest BCUT2D eigenvalue weighted by Gasteiger charge is 2.46. The molecule has 0 aliphatic heterocycles. The largest absolute Gasteiger partial charge is 0.310 e. The second-order valence-electron chi connectivity index (χ2n) is 16.8. The van der Waals surface area contributed by atoms with Gasteiger partial charge in [-0.05, 0) is 121 Å². The van der Waals surface area contributed by atoms with Crippen molar-refractivity contribution in [2.75, 3.05) is 4.90 Å². The average molecular weight is 784 g/mol. The third-order valence-electron chi connectivity index (χ3n) is 13.4. The first-order valence-corrected chi connectivity index (χ1v) is 21.7. The molecule has 1 aromatic heterocycles. The van der Waals surface area contributed by atoms with E-state index >= 15 is 0 Å². The maximum absolute atomic E-state index is 2.50. The van der Waals surface area contributed by atoms with Gasteiger partial charge in [-0.15, -0.1) is 11.3 Å². The van der Waals surface area contributed by atoms with Crippen LogP contribution in [0, 0.1) is 0 Å². The Balaban J connectivity index is 1.06. The molecule has 0 atom stereocenters. The van der Waals surface area contributed by atoms with Gasteiger partial charge < -0.3 is 4.90 Å². The monoisotopic (exact) mass is 783 g/mol. The second kappa shape index (κ2) is 13.3. The van der Waals surface area contributed by atoms with Crippen molar-refractivity contribution in [3.63, 3.8) is 0 Å². The van der Waals surface area contributed by atoms with Gasteiger partial charge in [0.1, 0.15) is 0 Å². The van der Waals surface area contributed by atoms with E-state index in [0.29, 0.717) is 0 Å². The van der Waals surface area contributed by atoms with Crippen LogP contribution in [0.3, 0.4) is 0 Å². The number of hydrogen-bond acceptors (Lipinski definition) is 2. The number of fused-ring (bicyclic) bond motifs is 9. The van der Waals surface area contributed by atoms with E-state index in [0.717, 1.165) is 17.1 Å². The van der Waals surface area contributed by atoms with Gasteiger partial charge >= 0.3 is 0 Å². The minimum atomic E-state index is -0.449. The van der Waals surface area contributed by atoms with Gasteiger partial charge in [0.15, 0.2) is 0 Å². The molecule has 2 aliphatic carbocycles. The van der Waals surface area contributed by atoms with Crippen LogP contribution in [0.5, 0.6) is 0 Å². The number of rotatable bonds is 6. The lowest BCUT2D eigenvalue weighted by Crippen LogP contribution is -2.28. The molecule has 1 heterocycles. The number of hydrogen-bond donors (Lipinski definition) is 0. The van der Waals surface area contributed by atoms with Gasteiger partial charge in [0, 0.05) is 42.6 Å². The van der Waals surface area contributed by atoms with Crippen LogP contribution in [-0.4, -0.2) is 0 Å². The SMILES string of the molecule is CC1(C)c2ccccc2-c2ccc(N(c3ccc(-c4ccccc4)cc3)c3ccc4sc5ccc(C6(c7ccccc7)c7ccccc7-c7ccccc76)cc5c4c3)cc21. The Morgan fingerprint density at radius 2 is 0.833 bits per heavy atom. The van der Waals surface area contributed by atoms with Crippen molar-refractivity contribution in [3.8, 4) is 33.4 Å². The molecule has 10 aromatic rings. The summed E-state index contributed by atoms with van der Waals surface area (Å²) in [5.74, 6) is 0. The number of nitrogens with zero attached hydrogens (tertiary/aromatic N) is 1. The Bertz CT molecular complexity index is 3240. The smallest absolute Gasteiger partial charge is 0.0713 e. The van der Waals surface area contributed by atoms with Gasteiger partial charge in [-0.3, -0.25) is 0 Å². The quantitative estimate of drug-likeness (QED) is 0.162.